The lowest BCUT2D eigenvalue weighted by Gasteiger charge is -2.36. The molecule has 0 aromatic heterocycles. The molecule has 8 heteroatoms. The summed E-state index contributed by atoms with van der Waals surface area (Å²) in [5.41, 5.74) is 1.73. The first kappa shape index (κ1) is 20.2. The van der Waals surface area contributed by atoms with E-state index in [9.17, 15) is 18.8 Å². The van der Waals surface area contributed by atoms with E-state index in [4.69, 9.17) is 0 Å². The predicted octanol–water partition coefficient (Wildman–Crippen LogP) is 3.21. The number of hydrogen-bond donors (Lipinski definition) is 0. The monoisotopic (exact) mass is 425 g/mol. The number of rotatable bonds is 4. The molecular weight excluding hydrogens is 405 g/mol. The quantitative estimate of drug-likeness (QED) is 0.704. The minimum absolute atomic E-state index is 0.230. The molecule has 2 saturated heterocycles. The maximum atomic E-state index is 13.0. The van der Waals surface area contributed by atoms with Crippen molar-refractivity contribution in [3.63, 3.8) is 0 Å². The highest BCUT2D eigenvalue weighted by Gasteiger charge is 2.37. The van der Waals surface area contributed by atoms with Crippen molar-refractivity contribution in [2.75, 3.05) is 37.6 Å². The van der Waals surface area contributed by atoms with Gasteiger partial charge in [-0.3, -0.25) is 19.3 Å². The number of imide groups is 1. The number of anilines is 1. The number of carbonyl (C=O) groups is 3. The summed E-state index contributed by atoms with van der Waals surface area (Å²) in [4.78, 5) is 42.7. The highest BCUT2D eigenvalue weighted by atomic mass is 32.2. The second-order valence-corrected chi connectivity index (χ2v) is 8.02. The second-order valence-electron chi connectivity index (χ2n) is 7.02. The number of para-hydroxylation sites is 1. The van der Waals surface area contributed by atoms with Gasteiger partial charge in [-0.05, 0) is 47.7 Å². The molecule has 0 N–H and O–H groups in total. The second kappa shape index (κ2) is 8.71. The van der Waals surface area contributed by atoms with Gasteiger partial charge in [0.25, 0.3) is 11.1 Å². The van der Waals surface area contributed by atoms with E-state index in [0.29, 0.717) is 31.7 Å². The van der Waals surface area contributed by atoms with Crippen molar-refractivity contribution >= 4 is 40.6 Å². The van der Waals surface area contributed by atoms with Crippen LogP contribution in [-0.4, -0.2) is 59.6 Å². The van der Waals surface area contributed by atoms with Gasteiger partial charge in [-0.1, -0.05) is 30.3 Å². The van der Waals surface area contributed by atoms with Crippen LogP contribution in [0.25, 0.3) is 6.08 Å². The molecule has 30 heavy (non-hydrogen) atoms. The van der Waals surface area contributed by atoms with E-state index in [-0.39, 0.29) is 23.2 Å². The Morgan fingerprint density at radius 3 is 2.30 bits per heavy atom. The van der Waals surface area contributed by atoms with E-state index in [1.54, 1.807) is 4.90 Å². The molecule has 0 atom stereocenters. The fourth-order valence-corrected chi connectivity index (χ4v) is 4.27. The molecule has 2 heterocycles. The Kier molecular flexibility index (Phi) is 5.85. The Labute approximate surface area is 177 Å². The van der Waals surface area contributed by atoms with Gasteiger partial charge in [0.15, 0.2) is 0 Å². The van der Waals surface area contributed by atoms with Crippen LogP contribution in [0.5, 0.6) is 0 Å². The molecule has 0 unspecified atom stereocenters. The Bertz CT molecular complexity index is 986. The third-order valence-corrected chi connectivity index (χ3v) is 6.00. The predicted molar refractivity (Wildman–Crippen MR) is 114 cm³/mol. The van der Waals surface area contributed by atoms with Crippen molar-refractivity contribution in [2.24, 2.45) is 0 Å². The average molecular weight is 425 g/mol. The minimum atomic E-state index is -0.495. The van der Waals surface area contributed by atoms with Crippen molar-refractivity contribution in [1.82, 2.24) is 9.80 Å². The highest BCUT2D eigenvalue weighted by Crippen LogP contribution is 2.32. The van der Waals surface area contributed by atoms with Crippen molar-refractivity contribution in [2.45, 2.75) is 0 Å². The molecule has 2 aliphatic heterocycles. The lowest BCUT2D eigenvalue weighted by molar-refractivity contribution is -0.136. The Hall–Kier alpha value is -3.13. The number of carbonyl (C=O) groups excluding carboxylic acids is 3. The Balaban J connectivity index is 1.36. The number of amides is 3. The molecule has 6 nitrogen and oxygen atoms in total. The summed E-state index contributed by atoms with van der Waals surface area (Å²) in [5, 5.41) is -0.468. The molecule has 4 rings (SSSR count). The summed E-state index contributed by atoms with van der Waals surface area (Å²) in [6, 6.07) is 15.6. The van der Waals surface area contributed by atoms with Crippen molar-refractivity contribution in [3.05, 3.63) is 70.9 Å². The Morgan fingerprint density at radius 2 is 1.63 bits per heavy atom. The van der Waals surface area contributed by atoms with E-state index in [2.05, 4.69) is 4.90 Å². The summed E-state index contributed by atoms with van der Waals surface area (Å²) in [5.74, 6) is -1.11. The normalized spacial score (nSPS) is 18.4. The minimum Gasteiger partial charge on any atom is -0.368 e. The average Bonchev–Trinajstić information content (AvgIpc) is 3.03. The number of thioether (sulfide) groups is 1. The molecule has 0 radical (unpaired) electrons. The van der Waals surface area contributed by atoms with Crippen LogP contribution < -0.4 is 4.90 Å². The molecule has 2 aliphatic rings. The summed E-state index contributed by atoms with van der Waals surface area (Å²) < 4.78 is 13.0. The lowest BCUT2D eigenvalue weighted by atomic mass is 10.2. The van der Waals surface area contributed by atoms with Crippen LogP contribution in [0.2, 0.25) is 0 Å². The summed E-state index contributed by atoms with van der Waals surface area (Å²) in [6.07, 6.45) is 1.54. The van der Waals surface area contributed by atoms with E-state index >= 15 is 0 Å². The van der Waals surface area contributed by atoms with Crippen molar-refractivity contribution in [3.8, 4) is 0 Å². The van der Waals surface area contributed by atoms with E-state index in [0.717, 1.165) is 22.3 Å². The van der Waals surface area contributed by atoms with Crippen LogP contribution in [0.1, 0.15) is 5.56 Å². The molecule has 2 fully saturated rings. The zero-order valence-corrected chi connectivity index (χ0v) is 17.0. The number of piperazine rings is 1. The zero-order chi connectivity index (χ0) is 21.1. The van der Waals surface area contributed by atoms with Gasteiger partial charge in [0.2, 0.25) is 5.91 Å². The van der Waals surface area contributed by atoms with Crippen LogP contribution in [0.15, 0.2) is 59.5 Å². The van der Waals surface area contributed by atoms with Gasteiger partial charge in [-0.15, -0.1) is 0 Å². The molecule has 2 aromatic rings. The van der Waals surface area contributed by atoms with Gasteiger partial charge in [0.05, 0.1) is 4.91 Å². The lowest BCUT2D eigenvalue weighted by Crippen LogP contribution is -2.51. The van der Waals surface area contributed by atoms with E-state index < -0.39 is 11.1 Å². The van der Waals surface area contributed by atoms with Gasteiger partial charge < -0.3 is 9.80 Å². The topological polar surface area (TPSA) is 60.9 Å². The maximum absolute atomic E-state index is 13.0. The number of nitrogens with zero attached hydrogens (tertiary/aromatic N) is 3. The molecule has 0 aliphatic carbocycles. The summed E-state index contributed by atoms with van der Waals surface area (Å²) in [7, 11) is 0. The SMILES string of the molecule is O=C(CN1C(=O)SC(=Cc2ccc(F)cc2)C1=O)N1CCN(c2ccccc2)CC1. The van der Waals surface area contributed by atoms with Gasteiger partial charge in [0.1, 0.15) is 12.4 Å². The molecule has 0 saturated carbocycles. The van der Waals surface area contributed by atoms with Gasteiger partial charge >= 0.3 is 0 Å². The van der Waals surface area contributed by atoms with Crippen LogP contribution in [0, 0.1) is 5.82 Å². The standard InChI is InChI=1S/C22H20FN3O3S/c23-17-8-6-16(7-9-17)14-19-21(28)26(22(29)30-19)15-20(27)25-12-10-24(11-13-25)18-4-2-1-3-5-18/h1-9,14H,10-13,15H2. The molecule has 0 spiro atoms. The fourth-order valence-electron chi connectivity index (χ4n) is 3.43. The Morgan fingerprint density at radius 1 is 0.967 bits per heavy atom. The first-order valence-electron chi connectivity index (χ1n) is 9.60. The third kappa shape index (κ3) is 4.38. The largest absolute Gasteiger partial charge is 0.368 e. The summed E-state index contributed by atoms with van der Waals surface area (Å²) >= 11 is 0.793. The maximum Gasteiger partial charge on any atom is 0.294 e. The molecule has 154 valence electrons. The number of hydrogen-bond acceptors (Lipinski definition) is 5. The smallest absolute Gasteiger partial charge is 0.294 e. The van der Waals surface area contributed by atoms with Crippen molar-refractivity contribution in [1.29, 1.82) is 0 Å². The number of halogens is 1. The zero-order valence-electron chi connectivity index (χ0n) is 16.2. The third-order valence-electron chi connectivity index (χ3n) is 5.09. The van der Waals surface area contributed by atoms with Crippen molar-refractivity contribution < 1.29 is 18.8 Å². The number of benzene rings is 2. The van der Waals surface area contributed by atoms with E-state index in [1.165, 1.54) is 30.3 Å². The molecular formula is C22H20FN3O3S. The van der Waals surface area contributed by atoms with E-state index in [1.807, 2.05) is 30.3 Å². The summed E-state index contributed by atoms with van der Waals surface area (Å²) in [6.45, 7) is 2.20. The van der Waals surface area contributed by atoms with Gasteiger partial charge in [-0.25, -0.2) is 4.39 Å². The first-order valence-corrected chi connectivity index (χ1v) is 10.4. The van der Waals surface area contributed by atoms with Gasteiger partial charge in [-0.2, -0.15) is 0 Å². The molecule has 2 aromatic carbocycles. The molecule has 3 amide bonds. The van der Waals surface area contributed by atoms with Gasteiger partial charge in [0, 0.05) is 31.9 Å². The molecule has 0 bridgehead atoms. The fraction of sp³-hybridized carbons (Fsp3) is 0.227. The van der Waals surface area contributed by atoms with Crippen LogP contribution >= 0.6 is 11.8 Å². The van der Waals surface area contributed by atoms with Crippen LogP contribution in [-0.2, 0) is 9.59 Å². The van der Waals surface area contributed by atoms with Crippen LogP contribution in [0.4, 0.5) is 14.9 Å². The van der Waals surface area contributed by atoms with Crippen LogP contribution in [0.3, 0.4) is 0 Å². The highest BCUT2D eigenvalue weighted by molar-refractivity contribution is 8.18. The first-order chi connectivity index (χ1) is 14.5.